The summed E-state index contributed by atoms with van der Waals surface area (Å²) in [4.78, 5) is 14.0. The van der Waals surface area contributed by atoms with Gasteiger partial charge in [0.15, 0.2) is 0 Å². The fourth-order valence-electron chi connectivity index (χ4n) is 2.65. The Morgan fingerprint density at radius 2 is 2.05 bits per heavy atom. The van der Waals surface area contributed by atoms with Crippen LogP contribution in [0.3, 0.4) is 0 Å². The van der Waals surface area contributed by atoms with E-state index in [2.05, 4.69) is 20.8 Å². The summed E-state index contributed by atoms with van der Waals surface area (Å²) in [6.45, 7) is 9.05. The van der Waals surface area contributed by atoms with Gasteiger partial charge in [-0.25, -0.2) is 0 Å². The number of hydrogen-bond acceptors (Lipinski definition) is 3. The largest absolute Gasteiger partial charge is 0.491 e. The summed E-state index contributed by atoms with van der Waals surface area (Å²) in [7, 11) is 0. The summed E-state index contributed by atoms with van der Waals surface area (Å²) in [5, 5.41) is 0. The maximum atomic E-state index is 12.0. The Balaban J connectivity index is 1.85. The topological polar surface area (TPSA) is 55.6 Å². The van der Waals surface area contributed by atoms with E-state index in [1.54, 1.807) is 0 Å². The zero-order valence-corrected chi connectivity index (χ0v) is 13.3. The number of nitrogens with two attached hydrogens (primary N) is 1. The molecule has 4 nitrogen and oxygen atoms in total. The minimum atomic E-state index is 0.178. The molecule has 1 fully saturated rings. The van der Waals surface area contributed by atoms with Crippen LogP contribution in [0, 0.1) is 11.3 Å². The zero-order valence-electron chi connectivity index (χ0n) is 13.3. The third-order valence-corrected chi connectivity index (χ3v) is 4.25. The first-order valence-electron chi connectivity index (χ1n) is 7.60. The first kappa shape index (κ1) is 15.8. The fourth-order valence-corrected chi connectivity index (χ4v) is 2.65. The third-order valence-electron chi connectivity index (χ3n) is 4.25. The predicted molar refractivity (Wildman–Crippen MR) is 84.0 cm³/mol. The van der Waals surface area contributed by atoms with Crippen molar-refractivity contribution in [3.63, 3.8) is 0 Å². The molecule has 1 saturated heterocycles. The van der Waals surface area contributed by atoms with Gasteiger partial charge in [-0.05, 0) is 17.4 Å². The Labute approximate surface area is 127 Å². The Morgan fingerprint density at radius 1 is 1.33 bits per heavy atom. The van der Waals surface area contributed by atoms with Crippen molar-refractivity contribution in [2.75, 3.05) is 19.7 Å². The van der Waals surface area contributed by atoms with Gasteiger partial charge in [-0.2, -0.15) is 0 Å². The summed E-state index contributed by atoms with van der Waals surface area (Å²) in [6, 6.07) is 7.77. The summed E-state index contributed by atoms with van der Waals surface area (Å²) >= 11 is 0. The normalized spacial score (nSPS) is 19.1. The van der Waals surface area contributed by atoms with Gasteiger partial charge in [0.2, 0.25) is 5.91 Å². The highest BCUT2D eigenvalue weighted by atomic mass is 16.5. The zero-order chi connectivity index (χ0) is 15.5. The molecule has 0 aromatic heterocycles. The molecule has 1 aliphatic rings. The molecule has 4 heteroatoms. The molecular formula is C17H26N2O2. The van der Waals surface area contributed by atoms with Crippen LogP contribution in [-0.2, 0) is 11.3 Å². The maximum Gasteiger partial charge on any atom is 0.223 e. The van der Waals surface area contributed by atoms with Gasteiger partial charge in [0.1, 0.15) is 12.4 Å². The third kappa shape index (κ3) is 3.97. The van der Waals surface area contributed by atoms with Gasteiger partial charge >= 0.3 is 0 Å². The first-order valence-corrected chi connectivity index (χ1v) is 7.60. The van der Waals surface area contributed by atoms with Gasteiger partial charge in [-0.3, -0.25) is 4.79 Å². The molecule has 0 bridgehead atoms. The second-order valence-electron chi connectivity index (χ2n) is 6.77. The van der Waals surface area contributed by atoms with E-state index in [4.69, 9.17) is 10.5 Å². The highest BCUT2D eigenvalue weighted by Gasteiger charge is 2.36. The molecule has 0 aliphatic carbocycles. The number of para-hydroxylation sites is 1. The van der Waals surface area contributed by atoms with E-state index in [9.17, 15) is 4.79 Å². The summed E-state index contributed by atoms with van der Waals surface area (Å²) in [6.07, 6.45) is 0.656. The molecule has 0 saturated carbocycles. The molecule has 1 heterocycles. The van der Waals surface area contributed by atoms with E-state index in [1.165, 1.54) is 0 Å². The van der Waals surface area contributed by atoms with Crippen LogP contribution in [0.1, 0.15) is 32.8 Å². The number of amides is 1. The molecular weight excluding hydrogens is 264 g/mol. The lowest BCUT2D eigenvalue weighted by atomic mass is 9.80. The maximum absolute atomic E-state index is 12.0. The first-order chi connectivity index (χ1) is 9.91. The van der Waals surface area contributed by atoms with Gasteiger partial charge in [-0.1, -0.05) is 39.0 Å². The number of carbonyl (C=O) groups is 1. The standard InChI is InChI=1S/C17H26N2O2/c1-17(2,3)14-10-16(20)19(12-14)8-9-21-15-7-5-4-6-13(15)11-18/h4-7,14H,8-12,18H2,1-3H3. The van der Waals surface area contributed by atoms with Crippen LogP contribution in [0.4, 0.5) is 0 Å². The molecule has 1 aromatic rings. The monoisotopic (exact) mass is 290 g/mol. The summed E-state index contributed by atoms with van der Waals surface area (Å²) in [5.41, 5.74) is 6.86. The van der Waals surface area contributed by atoms with Crippen LogP contribution in [0.25, 0.3) is 0 Å². The predicted octanol–water partition coefficient (Wildman–Crippen LogP) is 2.42. The Bertz CT molecular complexity index is 494. The van der Waals surface area contributed by atoms with Crippen molar-refractivity contribution in [2.45, 2.75) is 33.7 Å². The Kier molecular flexibility index (Phi) is 4.88. The number of benzene rings is 1. The second kappa shape index (κ2) is 6.48. The minimum Gasteiger partial charge on any atom is -0.491 e. The SMILES string of the molecule is CC(C)(C)C1CC(=O)N(CCOc2ccccc2CN)C1. The molecule has 1 atom stereocenters. The molecule has 1 aromatic carbocycles. The van der Waals surface area contributed by atoms with E-state index in [0.717, 1.165) is 17.9 Å². The average molecular weight is 290 g/mol. The van der Waals surface area contributed by atoms with Gasteiger partial charge in [-0.15, -0.1) is 0 Å². The van der Waals surface area contributed by atoms with E-state index in [1.807, 2.05) is 29.2 Å². The van der Waals surface area contributed by atoms with E-state index >= 15 is 0 Å². The van der Waals surface area contributed by atoms with E-state index in [-0.39, 0.29) is 11.3 Å². The van der Waals surface area contributed by atoms with Crippen LogP contribution < -0.4 is 10.5 Å². The number of ether oxygens (including phenoxy) is 1. The van der Waals surface area contributed by atoms with Crippen molar-refractivity contribution in [2.24, 2.45) is 17.1 Å². The van der Waals surface area contributed by atoms with Crippen molar-refractivity contribution in [1.29, 1.82) is 0 Å². The molecule has 116 valence electrons. The number of hydrogen-bond donors (Lipinski definition) is 1. The smallest absolute Gasteiger partial charge is 0.223 e. The summed E-state index contributed by atoms with van der Waals surface area (Å²) in [5.74, 6) is 1.49. The van der Waals surface area contributed by atoms with Crippen LogP contribution in [-0.4, -0.2) is 30.5 Å². The van der Waals surface area contributed by atoms with E-state index < -0.39 is 0 Å². The lowest BCUT2D eigenvalue weighted by molar-refractivity contribution is -0.128. The number of rotatable bonds is 5. The molecule has 2 rings (SSSR count). The van der Waals surface area contributed by atoms with Crippen molar-refractivity contribution in [3.8, 4) is 5.75 Å². The minimum absolute atomic E-state index is 0.178. The molecule has 21 heavy (non-hydrogen) atoms. The Morgan fingerprint density at radius 3 is 2.67 bits per heavy atom. The highest BCUT2D eigenvalue weighted by molar-refractivity contribution is 5.78. The van der Waals surface area contributed by atoms with Crippen molar-refractivity contribution >= 4 is 5.91 Å². The van der Waals surface area contributed by atoms with Crippen LogP contribution in [0.5, 0.6) is 5.75 Å². The van der Waals surface area contributed by atoms with E-state index in [0.29, 0.717) is 32.0 Å². The molecule has 1 unspecified atom stereocenters. The fraction of sp³-hybridized carbons (Fsp3) is 0.588. The van der Waals surface area contributed by atoms with Crippen molar-refractivity contribution < 1.29 is 9.53 Å². The average Bonchev–Trinajstić information content (AvgIpc) is 2.81. The molecule has 2 N–H and O–H groups in total. The molecule has 1 aliphatic heterocycles. The molecule has 1 amide bonds. The molecule has 0 spiro atoms. The molecule has 0 radical (unpaired) electrons. The van der Waals surface area contributed by atoms with Gasteiger partial charge < -0.3 is 15.4 Å². The Hall–Kier alpha value is -1.55. The van der Waals surface area contributed by atoms with Crippen LogP contribution >= 0.6 is 0 Å². The number of nitrogens with zero attached hydrogens (tertiary/aromatic N) is 1. The van der Waals surface area contributed by atoms with Gasteiger partial charge in [0.05, 0.1) is 6.54 Å². The quantitative estimate of drug-likeness (QED) is 0.906. The van der Waals surface area contributed by atoms with Gasteiger partial charge in [0.25, 0.3) is 0 Å². The van der Waals surface area contributed by atoms with Crippen molar-refractivity contribution in [1.82, 2.24) is 4.90 Å². The number of carbonyl (C=O) groups excluding carboxylic acids is 1. The summed E-state index contributed by atoms with van der Waals surface area (Å²) < 4.78 is 5.79. The second-order valence-corrected chi connectivity index (χ2v) is 6.77. The van der Waals surface area contributed by atoms with Crippen LogP contribution in [0.2, 0.25) is 0 Å². The van der Waals surface area contributed by atoms with Crippen molar-refractivity contribution in [3.05, 3.63) is 29.8 Å². The number of likely N-dealkylation sites (tertiary alicyclic amines) is 1. The highest BCUT2D eigenvalue weighted by Crippen LogP contribution is 2.34. The lowest BCUT2D eigenvalue weighted by Crippen LogP contribution is -2.31. The van der Waals surface area contributed by atoms with Gasteiger partial charge in [0, 0.05) is 25.1 Å². The van der Waals surface area contributed by atoms with Crippen LogP contribution in [0.15, 0.2) is 24.3 Å². The lowest BCUT2D eigenvalue weighted by Gasteiger charge is -2.26.